The Morgan fingerprint density at radius 3 is 2.50 bits per heavy atom. The highest BCUT2D eigenvalue weighted by atomic mass is 16.3. The first kappa shape index (κ1) is 14.4. The van der Waals surface area contributed by atoms with E-state index < -0.39 is 6.85 Å². The minimum atomic E-state index is -2.13. The van der Waals surface area contributed by atoms with Crippen LogP contribution in [0.5, 0.6) is 0 Å². The van der Waals surface area contributed by atoms with Crippen LogP contribution in [0.1, 0.15) is 20.9 Å². The molecule has 0 atom stereocenters. The van der Waals surface area contributed by atoms with Crippen molar-refractivity contribution >= 4 is 43.5 Å². The number of fused-ring (bicyclic) bond motifs is 6. The number of hydrogen-bond donors (Lipinski definition) is 0. The van der Waals surface area contributed by atoms with Crippen molar-refractivity contribution in [2.75, 3.05) is 0 Å². The summed E-state index contributed by atoms with van der Waals surface area (Å²) in [6.07, 6.45) is 1.83. The first-order valence-electron chi connectivity index (χ1n) is 11.6. The largest absolute Gasteiger partial charge is 0.449 e. The van der Waals surface area contributed by atoms with Crippen LogP contribution in [0.4, 0.5) is 0 Å². The van der Waals surface area contributed by atoms with Crippen LogP contribution in [0.3, 0.4) is 0 Å². The Kier molecular flexibility index (Phi) is 2.95. The SMILES string of the molecule is [2H]C([2H])([2H])c1cc[n+](-c2c(C)ccc3c2oc2cc4ccc5ccccc5c4cc23)c(C)c1. The van der Waals surface area contributed by atoms with Crippen LogP contribution < -0.4 is 4.57 Å². The van der Waals surface area contributed by atoms with Crippen LogP contribution in [0, 0.1) is 20.7 Å². The van der Waals surface area contributed by atoms with Gasteiger partial charge in [-0.15, -0.1) is 0 Å². The Hall–Kier alpha value is -3.65. The predicted octanol–water partition coefficient (Wildman–Crippen LogP) is 7.09. The molecule has 0 fully saturated rings. The smallest absolute Gasteiger partial charge is 0.257 e. The molecular formula is C28H22NO+. The van der Waals surface area contributed by atoms with Crippen LogP contribution >= 0.6 is 0 Å². The Bertz CT molecular complexity index is 1730. The van der Waals surface area contributed by atoms with E-state index in [4.69, 9.17) is 8.53 Å². The highest BCUT2D eigenvalue weighted by Gasteiger charge is 2.22. The highest BCUT2D eigenvalue weighted by Crippen LogP contribution is 2.37. The molecule has 6 aromatic rings. The predicted molar refractivity (Wildman–Crippen MR) is 124 cm³/mol. The molecule has 0 aliphatic carbocycles. The second-order valence-corrected chi connectivity index (χ2v) is 7.99. The van der Waals surface area contributed by atoms with Gasteiger partial charge in [-0.05, 0) is 59.1 Å². The van der Waals surface area contributed by atoms with E-state index in [0.717, 1.165) is 44.3 Å². The molecular weight excluding hydrogens is 366 g/mol. The summed E-state index contributed by atoms with van der Waals surface area (Å²) in [6, 6.07) is 24.7. The van der Waals surface area contributed by atoms with Crippen LogP contribution in [0.2, 0.25) is 0 Å². The van der Waals surface area contributed by atoms with Crippen molar-refractivity contribution in [2.24, 2.45) is 0 Å². The zero-order valence-electron chi connectivity index (χ0n) is 19.9. The minimum Gasteiger partial charge on any atom is -0.449 e. The maximum absolute atomic E-state index is 7.72. The summed E-state index contributed by atoms with van der Waals surface area (Å²) in [5.41, 5.74) is 4.83. The molecule has 144 valence electrons. The average molecular weight is 392 g/mol. The topological polar surface area (TPSA) is 17.0 Å². The Labute approximate surface area is 179 Å². The number of furan rings is 1. The molecule has 0 saturated carbocycles. The lowest BCUT2D eigenvalue weighted by Crippen LogP contribution is -2.34. The molecule has 0 N–H and O–H groups in total. The summed E-state index contributed by atoms with van der Waals surface area (Å²) in [6.45, 7) is 1.85. The number of hydrogen-bond acceptors (Lipinski definition) is 1. The normalized spacial score (nSPS) is 13.7. The number of pyridine rings is 1. The zero-order valence-corrected chi connectivity index (χ0v) is 16.9. The Balaban J connectivity index is 1.66. The third kappa shape index (κ3) is 2.40. The number of aryl methyl sites for hydroxylation is 3. The molecule has 30 heavy (non-hydrogen) atoms. The fourth-order valence-corrected chi connectivity index (χ4v) is 4.59. The summed E-state index contributed by atoms with van der Waals surface area (Å²) >= 11 is 0. The molecule has 2 aromatic heterocycles. The van der Waals surface area contributed by atoms with Gasteiger partial charge in [0.25, 0.3) is 5.69 Å². The average Bonchev–Trinajstić information content (AvgIpc) is 3.14. The molecule has 0 bridgehead atoms. The molecule has 2 heterocycles. The second kappa shape index (κ2) is 6.17. The third-order valence-electron chi connectivity index (χ3n) is 6.07. The van der Waals surface area contributed by atoms with Gasteiger partial charge in [-0.1, -0.05) is 42.5 Å². The molecule has 0 saturated heterocycles. The van der Waals surface area contributed by atoms with E-state index in [1.165, 1.54) is 16.2 Å². The summed E-state index contributed by atoms with van der Waals surface area (Å²) in [5.74, 6) is 0. The number of aromatic nitrogens is 1. The Morgan fingerprint density at radius 1 is 0.767 bits per heavy atom. The van der Waals surface area contributed by atoms with Gasteiger partial charge in [-0.2, -0.15) is 4.57 Å². The Morgan fingerprint density at radius 2 is 1.63 bits per heavy atom. The number of benzene rings is 4. The van der Waals surface area contributed by atoms with Gasteiger partial charge in [0.2, 0.25) is 5.58 Å². The summed E-state index contributed by atoms with van der Waals surface area (Å²) in [5, 5.41) is 6.92. The van der Waals surface area contributed by atoms with Gasteiger partial charge in [-0.25, -0.2) is 0 Å². The van der Waals surface area contributed by atoms with Gasteiger partial charge < -0.3 is 4.42 Å². The van der Waals surface area contributed by atoms with E-state index >= 15 is 0 Å². The maximum Gasteiger partial charge on any atom is 0.257 e. The van der Waals surface area contributed by atoms with Crippen molar-refractivity contribution in [1.82, 2.24) is 0 Å². The number of rotatable bonds is 1. The molecule has 0 unspecified atom stereocenters. The fourth-order valence-electron chi connectivity index (χ4n) is 4.59. The molecule has 2 nitrogen and oxygen atoms in total. The molecule has 0 aliphatic rings. The van der Waals surface area contributed by atoms with Gasteiger partial charge in [0.1, 0.15) is 5.58 Å². The summed E-state index contributed by atoms with van der Waals surface area (Å²) in [4.78, 5) is 0. The van der Waals surface area contributed by atoms with E-state index in [0.29, 0.717) is 5.56 Å². The van der Waals surface area contributed by atoms with Crippen molar-refractivity contribution in [2.45, 2.75) is 20.7 Å². The standard InChI is InChI=1S/C28H22NO/c1-17-12-13-29(19(3)14-17)27-18(2)8-11-23-25-16-24-21(15-26(25)30-28(23)27)10-9-20-6-4-5-7-22(20)24/h4-16H,1-3H3/q+1/i1D3. The molecule has 2 heteroatoms. The summed E-state index contributed by atoms with van der Waals surface area (Å²) in [7, 11) is 0. The van der Waals surface area contributed by atoms with Crippen molar-refractivity contribution in [3.8, 4) is 5.69 Å². The molecule has 0 aliphatic heterocycles. The van der Waals surface area contributed by atoms with E-state index in [9.17, 15) is 0 Å². The second-order valence-electron chi connectivity index (χ2n) is 7.99. The van der Waals surface area contributed by atoms with E-state index in [1.54, 1.807) is 12.1 Å². The van der Waals surface area contributed by atoms with Gasteiger partial charge in [0, 0.05) is 39.5 Å². The monoisotopic (exact) mass is 391 g/mol. The fraction of sp³-hybridized carbons (Fsp3) is 0.107. The van der Waals surface area contributed by atoms with Crippen molar-refractivity contribution in [3.05, 3.63) is 95.8 Å². The van der Waals surface area contributed by atoms with E-state index in [-0.39, 0.29) is 0 Å². The lowest BCUT2D eigenvalue weighted by molar-refractivity contribution is -0.602. The zero-order chi connectivity index (χ0) is 22.9. The lowest BCUT2D eigenvalue weighted by atomic mass is 9.99. The molecule has 0 amide bonds. The quantitative estimate of drug-likeness (QED) is 0.216. The van der Waals surface area contributed by atoms with Crippen LogP contribution in [0.15, 0.2) is 83.4 Å². The van der Waals surface area contributed by atoms with E-state index in [1.807, 2.05) is 17.7 Å². The maximum atomic E-state index is 7.72. The van der Waals surface area contributed by atoms with Gasteiger partial charge in [0.15, 0.2) is 11.9 Å². The van der Waals surface area contributed by atoms with Crippen LogP contribution in [-0.2, 0) is 0 Å². The minimum absolute atomic E-state index is 0.337. The van der Waals surface area contributed by atoms with E-state index in [2.05, 4.69) is 67.6 Å². The van der Waals surface area contributed by atoms with Crippen molar-refractivity contribution < 1.29 is 13.1 Å². The van der Waals surface area contributed by atoms with Gasteiger partial charge in [-0.3, -0.25) is 0 Å². The molecule has 6 rings (SSSR count). The summed E-state index contributed by atoms with van der Waals surface area (Å²) < 4.78 is 31.7. The van der Waals surface area contributed by atoms with Crippen LogP contribution in [0.25, 0.3) is 49.2 Å². The molecule has 4 aromatic carbocycles. The van der Waals surface area contributed by atoms with Gasteiger partial charge >= 0.3 is 0 Å². The lowest BCUT2D eigenvalue weighted by Gasteiger charge is -2.04. The van der Waals surface area contributed by atoms with Crippen molar-refractivity contribution in [1.29, 1.82) is 0 Å². The highest BCUT2D eigenvalue weighted by molar-refractivity contribution is 6.17. The first-order chi connectivity index (χ1) is 15.8. The molecule has 0 radical (unpaired) electrons. The first-order valence-corrected chi connectivity index (χ1v) is 10.1. The third-order valence-corrected chi connectivity index (χ3v) is 6.07. The van der Waals surface area contributed by atoms with Gasteiger partial charge in [0.05, 0.1) is 0 Å². The molecule has 0 spiro atoms. The number of nitrogens with zero attached hydrogens (tertiary/aromatic N) is 1. The van der Waals surface area contributed by atoms with Crippen molar-refractivity contribution in [3.63, 3.8) is 0 Å². The van der Waals surface area contributed by atoms with Crippen LogP contribution in [-0.4, -0.2) is 0 Å².